The highest BCUT2D eigenvalue weighted by Crippen LogP contribution is 2.30. The van der Waals surface area contributed by atoms with Crippen molar-refractivity contribution < 1.29 is 19.8 Å². The molecule has 0 aromatic carbocycles. The number of azide groups is 1. The first kappa shape index (κ1) is 16.0. The minimum absolute atomic E-state index is 0.106. The fourth-order valence-corrected chi connectivity index (χ4v) is 2.23. The summed E-state index contributed by atoms with van der Waals surface area (Å²) in [5.41, 5.74) is 8.27. The molecule has 0 spiro atoms. The zero-order valence-electron chi connectivity index (χ0n) is 11.0. The second kappa shape index (κ2) is 7.49. The number of carbonyl (C=O) groups is 2. The van der Waals surface area contributed by atoms with Crippen molar-refractivity contribution in [1.29, 1.82) is 0 Å². The molecular formula is C11H17N5O4. The Morgan fingerprint density at radius 3 is 2.85 bits per heavy atom. The molecular weight excluding hydrogens is 266 g/mol. The van der Waals surface area contributed by atoms with E-state index in [0.717, 1.165) is 6.08 Å². The Kier molecular flexibility index (Phi) is 5.98. The highest BCUT2D eigenvalue weighted by atomic mass is 16.3. The number of hydrogen-bond acceptors (Lipinski definition) is 6. The van der Waals surface area contributed by atoms with Crippen LogP contribution in [0.3, 0.4) is 0 Å². The van der Waals surface area contributed by atoms with Gasteiger partial charge in [0.1, 0.15) is 6.10 Å². The third-order valence-electron chi connectivity index (χ3n) is 3.34. The van der Waals surface area contributed by atoms with E-state index in [9.17, 15) is 19.8 Å². The van der Waals surface area contributed by atoms with Crippen LogP contribution in [0.25, 0.3) is 10.4 Å². The minimum atomic E-state index is -1.00. The highest BCUT2D eigenvalue weighted by Gasteiger charge is 2.42. The first-order valence-electron chi connectivity index (χ1n) is 6.02. The predicted molar refractivity (Wildman–Crippen MR) is 69.0 cm³/mol. The molecule has 0 heterocycles. The fourth-order valence-electron chi connectivity index (χ4n) is 2.23. The zero-order valence-corrected chi connectivity index (χ0v) is 11.0. The molecule has 1 fully saturated rings. The largest absolute Gasteiger partial charge is 0.390 e. The average Bonchev–Trinajstić information content (AvgIpc) is 2.71. The number of carbonyl (C=O) groups excluding carboxylic acids is 2. The van der Waals surface area contributed by atoms with Gasteiger partial charge in [-0.1, -0.05) is 5.11 Å². The van der Waals surface area contributed by atoms with Crippen molar-refractivity contribution >= 4 is 12.3 Å². The van der Waals surface area contributed by atoms with Gasteiger partial charge in [0.05, 0.1) is 12.1 Å². The molecule has 3 N–H and O–H groups in total. The Bertz CT molecular complexity index is 435. The summed E-state index contributed by atoms with van der Waals surface area (Å²) >= 11 is 0. The summed E-state index contributed by atoms with van der Waals surface area (Å²) in [5, 5.41) is 25.2. The van der Waals surface area contributed by atoms with E-state index in [1.807, 2.05) is 5.32 Å². The molecule has 0 saturated heterocycles. The van der Waals surface area contributed by atoms with Gasteiger partial charge in [-0.25, -0.2) is 0 Å². The molecule has 4 atom stereocenters. The Morgan fingerprint density at radius 2 is 2.25 bits per heavy atom. The van der Waals surface area contributed by atoms with Gasteiger partial charge in [0.15, 0.2) is 0 Å². The summed E-state index contributed by atoms with van der Waals surface area (Å²) < 4.78 is 0. The van der Waals surface area contributed by atoms with Crippen LogP contribution in [0.15, 0.2) is 17.4 Å². The molecule has 20 heavy (non-hydrogen) atoms. The van der Waals surface area contributed by atoms with E-state index in [1.54, 1.807) is 11.9 Å². The van der Waals surface area contributed by atoms with Crippen LogP contribution in [0.1, 0.15) is 6.42 Å². The van der Waals surface area contributed by atoms with Crippen LogP contribution in [0.5, 0.6) is 0 Å². The van der Waals surface area contributed by atoms with E-state index < -0.39 is 24.2 Å². The Hall–Kier alpha value is -2.09. The van der Waals surface area contributed by atoms with Gasteiger partial charge in [-0.05, 0) is 17.9 Å². The number of imide groups is 1. The van der Waals surface area contributed by atoms with Crippen molar-refractivity contribution in [2.75, 3.05) is 13.6 Å². The number of hydrogen-bond donors (Lipinski definition) is 3. The zero-order chi connectivity index (χ0) is 15.1. The lowest BCUT2D eigenvalue weighted by atomic mass is 10.1. The van der Waals surface area contributed by atoms with Crippen molar-refractivity contribution in [3.8, 4) is 0 Å². The quantitative estimate of drug-likeness (QED) is 0.191. The lowest BCUT2D eigenvalue weighted by molar-refractivity contribution is -0.121. The van der Waals surface area contributed by atoms with Crippen molar-refractivity contribution in [2.45, 2.75) is 24.7 Å². The highest BCUT2D eigenvalue weighted by molar-refractivity contribution is 5.94. The molecule has 1 aliphatic rings. The van der Waals surface area contributed by atoms with Crippen LogP contribution >= 0.6 is 0 Å². The molecule has 1 rings (SSSR count). The molecule has 1 saturated carbocycles. The van der Waals surface area contributed by atoms with Crippen molar-refractivity contribution in [1.82, 2.24) is 10.2 Å². The Balaban J connectivity index is 2.64. The van der Waals surface area contributed by atoms with E-state index in [2.05, 4.69) is 10.0 Å². The predicted octanol–water partition coefficient (Wildman–Crippen LogP) is -0.875. The van der Waals surface area contributed by atoms with E-state index in [1.165, 1.54) is 6.20 Å². The maximum Gasteiger partial charge on any atom is 0.251 e. The first-order valence-corrected chi connectivity index (χ1v) is 6.02. The van der Waals surface area contributed by atoms with Crippen LogP contribution in [0.2, 0.25) is 0 Å². The summed E-state index contributed by atoms with van der Waals surface area (Å²) in [6.07, 6.45) is 1.28. The SMILES string of the molecule is CN(/C=C\C(=O)NC=O)[C@@H]1C[C@H](CN=[N+]=[N-])C(O)C1O. The molecule has 0 radical (unpaired) electrons. The molecule has 1 aliphatic carbocycles. The van der Waals surface area contributed by atoms with Gasteiger partial charge < -0.3 is 15.1 Å². The molecule has 2 amide bonds. The summed E-state index contributed by atoms with van der Waals surface area (Å²) in [5.74, 6) is -0.906. The number of aliphatic hydroxyl groups is 2. The Morgan fingerprint density at radius 1 is 1.55 bits per heavy atom. The van der Waals surface area contributed by atoms with Crippen molar-refractivity contribution in [3.63, 3.8) is 0 Å². The molecule has 0 aliphatic heterocycles. The third kappa shape index (κ3) is 3.95. The summed E-state index contributed by atoms with van der Waals surface area (Å²) in [7, 11) is 1.64. The first-order chi connectivity index (χ1) is 9.51. The lowest BCUT2D eigenvalue weighted by Gasteiger charge is -2.26. The summed E-state index contributed by atoms with van der Waals surface area (Å²) in [6.45, 7) is 0.106. The van der Waals surface area contributed by atoms with Crippen molar-refractivity contribution in [3.05, 3.63) is 22.7 Å². The maximum atomic E-state index is 11.1. The molecule has 0 aromatic rings. The van der Waals surface area contributed by atoms with Crippen LogP contribution in [-0.4, -0.2) is 59.3 Å². The lowest BCUT2D eigenvalue weighted by Crippen LogP contribution is -2.39. The number of nitrogens with one attached hydrogen (secondary N) is 1. The van der Waals surface area contributed by atoms with Crippen LogP contribution in [0, 0.1) is 5.92 Å². The molecule has 0 bridgehead atoms. The fraction of sp³-hybridized carbons (Fsp3) is 0.636. The normalized spacial score (nSPS) is 28.9. The van der Waals surface area contributed by atoms with Gasteiger partial charge in [-0.2, -0.15) is 0 Å². The monoisotopic (exact) mass is 283 g/mol. The minimum Gasteiger partial charge on any atom is -0.390 e. The van der Waals surface area contributed by atoms with Gasteiger partial charge >= 0.3 is 0 Å². The Labute approximate surface area is 115 Å². The standard InChI is InChI=1S/C11H17N5O4/c1-16(3-2-9(18)13-6-17)8-4-7(5-14-15-12)10(19)11(8)20/h2-3,6-8,10-11,19-20H,4-5H2,1H3,(H,13,17,18)/b3-2-/t7-,8-,10?,11?/m1/s1. The van der Waals surface area contributed by atoms with Crippen LogP contribution in [-0.2, 0) is 9.59 Å². The molecule has 2 unspecified atom stereocenters. The van der Waals surface area contributed by atoms with Gasteiger partial charge in [0, 0.05) is 30.8 Å². The van der Waals surface area contributed by atoms with Gasteiger partial charge in [0.25, 0.3) is 5.91 Å². The average molecular weight is 283 g/mol. The number of rotatable bonds is 6. The number of amides is 2. The second-order valence-corrected chi connectivity index (χ2v) is 4.57. The maximum absolute atomic E-state index is 11.1. The van der Waals surface area contributed by atoms with Gasteiger partial charge in [-0.15, -0.1) is 0 Å². The number of likely N-dealkylation sites (N-methyl/N-ethyl adjacent to an activating group) is 1. The van der Waals surface area contributed by atoms with E-state index >= 15 is 0 Å². The van der Waals surface area contributed by atoms with Gasteiger partial charge in [0.2, 0.25) is 6.41 Å². The smallest absolute Gasteiger partial charge is 0.251 e. The van der Waals surface area contributed by atoms with Crippen LogP contribution in [0.4, 0.5) is 0 Å². The second-order valence-electron chi connectivity index (χ2n) is 4.57. The summed E-state index contributed by atoms with van der Waals surface area (Å²) in [6, 6.07) is -0.399. The molecule has 0 aromatic heterocycles. The van der Waals surface area contributed by atoms with E-state index in [4.69, 9.17) is 5.53 Å². The molecule has 110 valence electrons. The number of aliphatic hydroxyl groups excluding tert-OH is 2. The van der Waals surface area contributed by atoms with Crippen LogP contribution < -0.4 is 5.32 Å². The molecule has 9 nitrogen and oxygen atoms in total. The summed E-state index contributed by atoms with van der Waals surface area (Å²) in [4.78, 5) is 25.4. The van der Waals surface area contributed by atoms with Crippen molar-refractivity contribution in [2.24, 2.45) is 11.0 Å². The third-order valence-corrected chi connectivity index (χ3v) is 3.34. The van der Waals surface area contributed by atoms with E-state index in [-0.39, 0.29) is 18.9 Å². The van der Waals surface area contributed by atoms with E-state index in [0.29, 0.717) is 6.42 Å². The topological polar surface area (TPSA) is 139 Å². The molecule has 9 heteroatoms. The number of nitrogens with zero attached hydrogens (tertiary/aromatic N) is 4. The van der Waals surface area contributed by atoms with Gasteiger partial charge in [-0.3, -0.25) is 14.9 Å².